The minimum absolute atomic E-state index is 0.0302. The first-order valence-electron chi connectivity index (χ1n) is 5.95. The molecular weight excluding hydrogens is 260 g/mol. The van der Waals surface area contributed by atoms with Gasteiger partial charge in [0, 0.05) is 25.9 Å². The van der Waals surface area contributed by atoms with Crippen LogP contribution in [0.4, 0.5) is 5.69 Å². The zero-order valence-corrected chi connectivity index (χ0v) is 12.0. The van der Waals surface area contributed by atoms with Crippen LogP contribution in [0.15, 0.2) is 35.4 Å². The van der Waals surface area contributed by atoms with Gasteiger partial charge >= 0.3 is 0 Å². The van der Waals surface area contributed by atoms with Gasteiger partial charge in [0.2, 0.25) is 5.91 Å². The van der Waals surface area contributed by atoms with Crippen molar-refractivity contribution in [3.63, 3.8) is 0 Å². The Labute approximate surface area is 117 Å². The summed E-state index contributed by atoms with van der Waals surface area (Å²) < 4.78 is 0. The largest absolute Gasteiger partial charge is 0.312 e. The number of nitrogens with zero attached hydrogens (tertiary/aromatic N) is 2. The Balaban J connectivity index is 2.19. The molecule has 4 nitrogen and oxygen atoms in total. The molecule has 5 heteroatoms. The molecular formula is C14H16N2O2S. The monoisotopic (exact) mass is 276 g/mol. The van der Waals surface area contributed by atoms with Crippen LogP contribution >= 0.6 is 11.8 Å². The number of hydrogen-bond donors (Lipinski definition) is 0. The summed E-state index contributed by atoms with van der Waals surface area (Å²) in [5, 5.41) is 0.704. The molecule has 0 saturated carbocycles. The second kappa shape index (κ2) is 5.48. The van der Waals surface area contributed by atoms with Gasteiger partial charge in [0.15, 0.2) is 0 Å². The summed E-state index contributed by atoms with van der Waals surface area (Å²) in [7, 11) is 3.43. The first kappa shape index (κ1) is 13.7. The van der Waals surface area contributed by atoms with Gasteiger partial charge in [-0.3, -0.25) is 9.59 Å². The van der Waals surface area contributed by atoms with E-state index >= 15 is 0 Å². The van der Waals surface area contributed by atoms with Gasteiger partial charge in [-0.05, 0) is 18.6 Å². The molecule has 1 saturated heterocycles. The summed E-state index contributed by atoms with van der Waals surface area (Å²) in [5.41, 5.74) is 1.92. The lowest BCUT2D eigenvalue weighted by Crippen LogP contribution is -2.26. The molecule has 2 amide bonds. The molecule has 0 spiro atoms. The van der Waals surface area contributed by atoms with E-state index < -0.39 is 0 Å². The molecule has 1 fully saturated rings. The van der Waals surface area contributed by atoms with E-state index in [1.807, 2.05) is 31.2 Å². The van der Waals surface area contributed by atoms with Gasteiger partial charge in [-0.2, -0.15) is 0 Å². The molecule has 0 unspecified atom stereocenters. The van der Waals surface area contributed by atoms with E-state index in [1.165, 1.54) is 22.7 Å². The predicted molar refractivity (Wildman–Crippen MR) is 77.9 cm³/mol. The minimum atomic E-state index is -0.127. The molecule has 1 aromatic carbocycles. The number of rotatable bonds is 2. The third-order valence-electron chi connectivity index (χ3n) is 3.10. The molecule has 100 valence electrons. The van der Waals surface area contributed by atoms with Crippen LogP contribution in [0.3, 0.4) is 0 Å². The topological polar surface area (TPSA) is 40.6 Å². The lowest BCUT2D eigenvalue weighted by Gasteiger charge is -2.18. The number of para-hydroxylation sites is 1. The van der Waals surface area contributed by atoms with E-state index in [9.17, 15) is 9.59 Å². The number of hydrogen-bond acceptors (Lipinski definition) is 3. The first-order chi connectivity index (χ1) is 9.00. The highest BCUT2D eigenvalue weighted by atomic mass is 32.2. The summed E-state index contributed by atoms with van der Waals surface area (Å²) >= 11 is 1.39. The molecule has 2 rings (SSSR count). The van der Waals surface area contributed by atoms with Crippen LogP contribution in [0.5, 0.6) is 0 Å². The van der Waals surface area contributed by atoms with Crippen molar-refractivity contribution in [1.82, 2.24) is 4.90 Å². The van der Waals surface area contributed by atoms with E-state index in [4.69, 9.17) is 0 Å². The molecule has 0 radical (unpaired) electrons. The Hall–Kier alpha value is -1.75. The normalized spacial score (nSPS) is 17.1. The number of anilines is 1. The Morgan fingerprint density at radius 3 is 2.68 bits per heavy atom. The van der Waals surface area contributed by atoms with Crippen LogP contribution in [0.25, 0.3) is 0 Å². The van der Waals surface area contributed by atoms with Crippen LogP contribution in [0.1, 0.15) is 5.56 Å². The van der Waals surface area contributed by atoms with E-state index in [0.29, 0.717) is 10.8 Å². The fourth-order valence-corrected chi connectivity index (χ4v) is 2.80. The van der Waals surface area contributed by atoms with Crippen LogP contribution in [-0.4, -0.2) is 36.6 Å². The third-order valence-corrected chi connectivity index (χ3v) is 4.18. The van der Waals surface area contributed by atoms with E-state index in [0.717, 1.165) is 11.3 Å². The Morgan fingerprint density at radius 1 is 1.42 bits per heavy atom. The van der Waals surface area contributed by atoms with Gasteiger partial charge in [-0.1, -0.05) is 30.0 Å². The average Bonchev–Trinajstić information content (AvgIpc) is 2.70. The highest BCUT2D eigenvalue weighted by Crippen LogP contribution is 2.27. The van der Waals surface area contributed by atoms with Gasteiger partial charge in [0.25, 0.3) is 5.91 Å². The zero-order valence-electron chi connectivity index (χ0n) is 11.2. The Kier molecular flexibility index (Phi) is 3.95. The SMILES string of the molecule is Cc1ccccc1N(C)C(=O)/C=C1\SCC(=O)N1C. The van der Waals surface area contributed by atoms with E-state index in [1.54, 1.807) is 19.0 Å². The van der Waals surface area contributed by atoms with Gasteiger partial charge in [-0.25, -0.2) is 0 Å². The minimum Gasteiger partial charge on any atom is -0.312 e. The van der Waals surface area contributed by atoms with Crippen LogP contribution in [-0.2, 0) is 9.59 Å². The summed E-state index contributed by atoms with van der Waals surface area (Å²) in [4.78, 5) is 26.7. The predicted octanol–water partition coefficient (Wildman–Crippen LogP) is 2.00. The van der Waals surface area contributed by atoms with Crippen LogP contribution in [0.2, 0.25) is 0 Å². The van der Waals surface area contributed by atoms with E-state index in [2.05, 4.69) is 0 Å². The van der Waals surface area contributed by atoms with Crippen LogP contribution < -0.4 is 4.90 Å². The van der Waals surface area contributed by atoms with Crippen molar-refractivity contribution < 1.29 is 9.59 Å². The highest BCUT2D eigenvalue weighted by Gasteiger charge is 2.24. The van der Waals surface area contributed by atoms with Gasteiger partial charge < -0.3 is 9.80 Å². The smallest absolute Gasteiger partial charge is 0.253 e. The maximum absolute atomic E-state index is 12.2. The highest BCUT2D eigenvalue weighted by molar-refractivity contribution is 8.04. The van der Waals surface area contributed by atoms with Gasteiger partial charge in [-0.15, -0.1) is 0 Å². The Morgan fingerprint density at radius 2 is 2.11 bits per heavy atom. The van der Waals surface area contributed by atoms with E-state index in [-0.39, 0.29) is 11.8 Å². The molecule has 19 heavy (non-hydrogen) atoms. The first-order valence-corrected chi connectivity index (χ1v) is 6.93. The van der Waals surface area contributed by atoms with Crippen molar-refractivity contribution in [1.29, 1.82) is 0 Å². The second-order valence-corrected chi connectivity index (χ2v) is 5.40. The fourth-order valence-electron chi connectivity index (χ4n) is 1.85. The number of benzene rings is 1. The number of carbonyl (C=O) groups excluding carboxylic acids is 2. The average molecular weight is 276 g/mol. The number of amides is 2. The zero-order chi connectivity index (χ0) is 14.0. The lowest BCUT2D eigenvalue weighted by atomic mass is 10.2. The van der Waals surface area contributed by atoms with Crippen molar-refractivity contribution in [2.75, 3.05) is 24.7 Å². The van der Waals surface area contributed by atoms with Crippen molar-refractivity contribution in [2.24, 2.45) is 0 Å². The number of likely N-dealkylation sites (N-methyl/N-ethyl adjacent to an activating group) is 1. The standard InChI is InChI=1S/C14H16N2O2S/c1-10-6-4-5-7-11(10)15(2)12(17)8-14-16(3)13(18)9-19-14/h4-8H,9H2,1-3H3/b14-8-. The third kappa shape index (κ3) is 2.81. The molecule has 0 atom stereocenters. The molecule has 0 N–H and O–H groups in total. The maximum atomic E-state index is 12.2. The summed E-state index contributed by atoms with van der Waals surface area (Å²) in [6, 6.07) is 7.71. The Bertz CT molecular complexity index is 554. The van der Waals surface area contributed by atoms with Crippen molar-refractivity contribution in [3.05, 3.63) is 40.9 Å². The lowest BCUT2D eigenvalue weighted by molar-refractivity contribution is -0.124. The second-order valence-electron chi connectivity index (χ2n) is 4.41. The van der Waals surface area contributed by atoms with Gasteiger partial charge in [0.05, 0.1) is 10.8 Å². The fraction of sp³-hybridized carbons (Fsp3) is 0.286. The molecule has 0 aliphatic carbocycles. The summed E-state index contributed by atoms with van der Waals surface area (Å²) in [5.74, 6) is 0.310. The van der Waals surface area contributed by atoms with Crippen molar-refractivity contribution in [3.8, 4) is 0 Å². The molecule has 1 aromatic rings. The molecule has 0 bridgehead atoms. The maximum Gasteiger partial charge on any atom is 0.253 e. The molecule has 1 aliphatic rings. The van der Waals surface area contributed by atoms with Gasteiger partial charge in [0.1, 0.15) is 0 Å². The summed E-state index contributed by atoms with van der Waals surface area (Å²) in [6.07, 6.45) is 1.52. The number of thioether (sulfide) groups is 1. The van der Waals surface area contributed by atoms with Crippen LogP contribution in [0, 0.1) is 6.92 Å². The summed E-state index contributed by atoms with van der Waals surface area (Å²) in [6.45, 7) is 1.96. The number of aryl methyl sites for hydroxylation is 1. The quantitative estimate of drug-likeness (QED) is 0.776. The number of carbonyl (C=O) groups is 2. The molecule has 1 aliphatic heterocycles. The molecule has 0 aromatic heterocycles. The van der Waals surface area contributed by atoms with Crippen molar-refractivity contribution in [2.45, 2.75) is 6.92 Å². The molecule has 1 heterocycles. The van der Waals surface area contributed by atoms with Crippen molar-refractivity contribution >= 4 is 29.3 Å².